The SMILES string of the molecule is COC(=O)c1cc(OC)c2n[nH]c(C(F)F)c2c1. The molecule has 0 saturated carbocycles. The number of hydrogen-bond donors (Lipinski definition) is 1. The molecule has 0 aliphatic heterocycles. The number of fused-ring (bicyclic) bond motifs is 1. The van der Waals surface area contributed by atoms with Crippen molar-refractivity contribution in [2.45, 2.75) is 6.43 Å². The topological polar surface area (TPSA) is 64.2 Å². The Hall–Kier alpha value is -2.18. The highest BCUT2D eigenvalue weighted by Gasteiger charge is 2.20. The molecular weight excluding hydrogens is 246 g/mol. The average Bonchev–Trinajstić information content (AvgIpc) is 2.80. The van der Waals surface area contributed by atoms with Crippen LogP contribution < -0.4 is 4.74 Å². The molecule has 0 bridgehead atoms. The normalized spacial score (nSPS) is 10.9. The number of benzene rings is 1. The maximum Gasteiger partial charge on any atom is 0.338 e. The zero-order valence-electron chi connectivity index (χ0n) is 9.66. The van der Waals surface area contributed by atoms with Gasteiger partial charge in [0.2, 0.25) is 0 Å². The summed E-state index contributed by atoms with van der Waals surface area (Å²) in [6, 6.07) is 2.69. The molecular formula is C11H10F2N2O3. The zero-order valence-corrected chi connectivity index (χ0v) is 9.66. The Morgan fingerprint density at radius 3 is 2.67 bits per heavy atom. The number of methoxy groups -OCH3 is 2. The predicted octanol–water partition coefficient (Wildman–Crippen LogP) is 2.30. The number of rotatable bonds is 3. The number of esters is 1. The molecule has 1 N–H and O–H groups in total. The summed E-state index contributed by atoms with van der Waals surface area (Å²) in [4.78, 5) is 11.4. The number of hydrogen-bond acceptors (Lipinski definition) is 4. The van der Waals surface area contributed by atoms with Crippen molar-refractivity contribution in [1.29, 1.82) is 0 Å². The van der Waals surface area contributed by atoms with E-state index in [1.54, 1.807) is 0 Å². The van der Waals surface area contributed by atoms with Crippen molar-refractivity contribution in [2.24, 2.45) is 0 Å². The molecule has 0 saturated heterocycles. The molecule has 1 aromatic heterocycles. The lowest BCUT2D eigenvalue weighted by molar-refractivity contribution is 0.0600. The summed E-state index contributed by atoms with van der Waals surface area (Å²) in [7, 11) is 2.58. The average molecular weight is 256 g/mol. The van der Waals surface area contributed by atoms with E-state index in [2.05, 4.69) is 14.9 Å². The number of aromatic nitrogens is 2. The molecule has 0 spiro atoms. The Morgan fingerprint density at radius 1 is 1.39 bits per heavy atom. The van der Waals surface area contributed by atoms with Gasteiger partial charge < -0.3 is 9.47 Å². The summed E-state index contributed by atoms with van der Waals surface area (Å²) in [5.41, 5.74) is 0.0275. The van der Waals surface area contributed by atoms with E-state index in [4.69, 9.17) is 4.74 Å². The quantitative estimate of drug-likeness (QED) is 0.856. The molecule has 0 aliphatic carbocycles. The number of ether oxygens (including phenoxy) is 2. The number of alkyl halides is 2. The molecule has 0 aliphatic rings. The van der Waals surface area contributed by atoms with Crippen LogP contribution in [0.25, 0.3) is 10.9 Å². The number of nitrogens with zero attached hydrogens (tertiary/aromatic N) is 1. The van der Waals surface area contributed by atoms with E-state index >= 15 is 0 Å². The van der Waals surface area contributed by atoms with Crippen molar-refractivity contribution >= 4 is 16.9 Å². The van der Waals surface area contributed by atoms with Gasteiger partial charge in [-0.1, -0.05) is 0 Å². The fraction of sp³-hybridized carbons (Fsp3) is 0.273. The van der Waals surface area contributed by atoms with Gasteiger partial charge in [-0.2, -0.15) is 5.10 Å². The number of aromatic amines is 1. The lowest BCUT2D eigenvalue weighted by Gasteiger charge is -2.05. The Kier molecular flexibility index (Phi) is 3.14. The van der Waals surface area contributed by atoms with Gasteiger partial charge >= 0.3 is 5.97 Å². The summed E-state index contributed by atoms with van der Waals surface area (Å²) in [5.74, 6) is -0.396. The molecule has 0 radical (unpaired) electrons. The van der Waals surface area contributed by atoms with E-state index in [0.717, 1.165) is 0 Å². The van der Waals surface area contributed by atoms with Crippen molar-refractivity contribution < 1.29 is 23.0 Å². The second-order valence-corrected chi connectivity index (χ2v) is 3.50. The minimum atomic E-state index is -2.72. The summed E-state index contributed by atoms with van der Waals surface area (Å²) in [6.45, 7) is 0. The Labute approximate surface area is 101 Å². The molecule has 0 unspecified atom stereocenters. The third-order valence-electron chi connectivity index (χ3n) is 2.51. The van der Waals surface area contributed by atoms with Gasteiger partial charge in [-0.05, 0) is 12.1 Å². The molecule has 1 heterocycles. The molecule has 96 valence electrons. The van der Waals surface area contributed by atoms with E-state index in [0.29, 0.717) is 0 Å². The number of H-pyrrole nitrogens is 1. The second kappa shape index (κ2) is 4.59. The van der Waals surface area contributed by atoms with Crippen molar-refractivity contribution in [3.8, 4) is 5.75 Å². The van der Waals surface area contributed by atoms with Crippen molar-refractivity contribution in [2.75, 3.05) is 14.2 Å². The fourth-order valence-corrected chi connectivity index (χ4v) is 1.66. The molecule has 0 atom stereocenters. The molecule has 0 fully saturated rings. The van der Waals surface area contributed by atoms with Crippen LogP contribution in [0.15, 0.2) is 12.1 Å². The fourth-order valence-electron chi connectivity index (χ4n) is 1.66. The second-order valence-electron chi connectivity index (χ2n) is 3.50. The summed E-state index contributed by atoms with van der Waals surface area (Å²) >= 11 is 0. The van der Waals surface area contributed by atoms with Crippen LogP contribution >= 0.6 is 0 Å². The van der Waals surface area contributed by atoms with E-state index in [-0.39, 0.29) is 27.9 Å². The molecule has 2 rings (SSSR count). The highest BCUT2D eigenvalue weighted by molar-refractivity contribution is 5.97. The van der Waals surface area contributed by atoms with Gasteiger partial charge in [0.25, 0.3) is 6.43 Å². The van der Waals surface area contributed by atoms with Crippen LogP contribution in [0.1, 0.15) is 22.5 Å². The van der Waals surface area contributed by atoms with E-state index in [9.17, 15) is 13.6 Å². The largest absolute Gasteiger partial charge is 0.494 e. The van der Waals surface area contributed by atoms with E-state index < -0.39 is 12.4 Å². The Bertz CT molecular complexity index is 595. The van der Waals surface area contributed by atoms with Crippen LogP contribution in [-0.2, 0) is 4.74 Å². The summed E-state index contributed by atoms with van der Waals surface area (Å²) in [6.07, 6.45) is -2.72. The maximum absolute atomic E-state index is 12.8. The van der Waals surface area contributed by atoms with Gasteiger partial charge in [0, 0.05) is 5.39 Å². The van der Waals surface area contributed by atoms with Gasteiger partial charge in [-0.25, -0.2) is 13.6 Å². The van der Waals surface area contributed by atoms with Crippen LogP contribution in [0.5, 0.6) is 5.75 Å². The first-order chi connectivity index (χ1) is 8.58. The van der Waals surface area contributed by atoms with Crippen LogP contribution in [0.4, 0.5) is 8.78 Å². The van der Waals surface area contributed by atoms with Crippen LogP contribution in [-0.4, -0.2) is 30.4 Å². The van der Waals surface area contributed by atoms with Gasteiger partial charge in [-0.3, -0.25) is 5.10 Å². The van der Waals surface area contributed by atoms with E-state index in [1.807, 2.05) is 0 Å². The summed E-state index contributed by atoms with van der Waals surface area (Å²) in [5, 5.41) is 6.14. The van der Waals surface area contributed by atoms with Gasteiger partial charge in [0.15, 0.2) is 0 Å². The van der Waals surface area contributed by atoms with Crippen molar-refractivity contribution in [1.82, 2.24) is 10.2 Å². The predicted molar refractivity (Wildman–Crippen MR) is 58.9 cm³/mol. The smallest absolute Gasteiger partial charge is 0.338 e. The molecule has 18 heavy (non-hydrogen) atoms. The highest BCUT2D eigenvalue weighted by Crippen LogP contribution is 2.32. The minimum absolute atomic E-state index is 0.130. The third-order valence-corrected chi connectivity index (χ3v) is 2.51. The third kappa shape index (κ3) is 1.87. The number of halogens is 2. The first kappa shape index (κ1) is 12.3. The van der Waals surface area contributed by atoms with Gasteiger partial charge in [0.1, 0.15) is 17.0 Å². The minimum Gasteiger partial charge on any atom is -0.494 e. The van der Waals surface area contributed by atoms with Crippen LogP contribution in [0, 0.1) is 0 Å². The lowest BCUT2D eigenvalue weighted by Crippen LogP contribution is -2.02. The number of carbonyl (C=O) groups excluding carboxylic acids is 1. The monoisotopic (exact) mass is 256 g/mol. The van der Waals surface area contributed by atoms with Crippen molar-refractivity contribution in [3.05, 3.63) is 23.4 Å². The zero-order chi connectivity index (χ0) is 13.3. The highest BCUT2D eigenvalue weighted by atomic mass is 19.3. The van der Waals surface area contributed by atoms with Gasteiger partial charge in [-0.15, -0.1) is 0 Å². The number of nitrogens with one attached hydrogen (secondary N) is 1. The molecule has 1 aromatic carbocycles. The molecule has 5 nitrogen and oxygen atoms in total. The van der Waals surface area contributed by atoms with Gasteiger partial charge in [0.05, 0.1) is 19.8 Å². The standard InChI is InChI=1S/C11H10F2N2O3/c1-17-7-4-5(11(16)18-2)3-6-8(7)14-15-9(6)10(12)13/h3-4,10H,1-2H3,(H,14,15). The Balaban J connectivity index is 2.71. The van der Waals surface area contributed by atoms with E-state index in [1.165, 1.54) is 26.4 Å². The molecule has 0 amide bonds. The molecule has 2 aromatic rings. The lowest BCUT2D eigenvalue weighted by atomic mass is 10.1. The first-order valence-electron chi connectivity index (χ1n) is 5.01. The maximum atomic E-state index is 12.8. The van der Waals surface area contributed by atoms with Crippen molar-refractivity contribution in [3.63, 3.8) is 0 Å². The first-order valence-corrected chi connectivity index (χ1v) is 5.01. The molecule has 7 heteroatoms. The number of carbonyl (C=O) groups is 1. The summed E-state index contributed by atoms with van der Waals surface area (Å²) < 4.78 is 35.1. The Morgan fingerprint density at radius 2 is 2.11 bits per heavy atom. The van der Waals surface area contributed by atoms with Crippen LogP contribution in [0.3, 0.4) is 0 Å². The van der Waals surface area contributed by atoms with Crippen LogP contribution in [0.2, 0.25) is 0 Å².